The number of rotatable bonds is 8. The molecule has 0 unspecified atom stereocenters. The lowest BCUT2D eigenvalue weighted by Gasteiger charge is -2.32. The summed E-state index contributed by atoms with van der Waals surface area (Å²) in [5.41, 5.74) is 0. The molecule has 0 bridgehead atoms. The zero-order valence-corrected chi connectivity index (χ0v) is 11.9. The van der Waals surface area contributed by atoms with Gasteiger partial charge in [0.15, 0.2) is 0 Å². The zero-order chi connectivity index (χ0) is 21.4. The SMILES string of the molecule is FC(F)=CC(F)(F)CC(F)(F)CC(F)(F)CC(F)(F)C(F)(F)C(F)(F)F. The molecule has 156 valence electrons. The van der Waals surface area contributed by atoms with Crippen LogP contribution in [0.15, 0.2) is 12.2 Å². The molecule has 0 heterocycles. The highest BCUT2D eigenvalue weighted by Gasteiger charge is 2.74. The standard InChI is InChI=1S/C11H7F15/c12-5(13)1-6(14,15)2-7(16,17)3-8(18,19)4-9(20,21)10(22,23)11(24,25)26/h1H,2-4H2. The monoisotopic (exact) mass is 424 g/mol. The van der Waals surface area contributed by atoms with E-state index in [0.29, 0.717) is 0 Å². The van der Waals surface area contributed by atoms with E-state index in [1.807, 2.05) is 0 Å². The maximum absolute atomic E-state index is 13.1. The highest BCUT2D eigenvalue weighted by Crippen LogP contribution is 2.52. The molecule has 0 aliphatic rings. The lowest BCUT2D eigenvalue weighted by molar-refractivity contribution is -0.364. The molecule has 15 heteroatoms. The van der Waals surface area contributed by atoms with Gasteiger partial charge in [0.05, 0.1) is 19.3 Å². The summed E-state index contributed by atoms with van der Waals surface area (Å²) in [5.74, 6) is -29.7. The topological polar surface area (TPSA) is 0 Å². The molecule has 0 radical (unpaired) electrons. The molecule has 0 saturated heterocycles. The van der Waals surface area contributed by atoms with Crippen molar-refractivity contribution in [1.82, 2.24) is 0 Å². The van der Waals surface area contributed by atoms with Crippen molar-refractivity contribution in [2.75, 3.05) is 0 Å². The third-order valence-corrected chi connectivity index (χ3v) is 2.63. The predicted molar refractivity (Wildman–Crippen MR) is 54.9 cm³/mol. The van der Waals surface area contributed by atoms with E-state index in [9.17, 15) is 65.9 Å². The fourth-order valence-corrected chi connectivity index (χ4v) is 1.70. The maximum atomic E-state index is 13.1. The Balaban J connectivity index is 5.38. The molecule has 0 saturated carbocycles. The van der Waals surface area contributed by atoms with Crippen LogP contribution in [0.3, 0.4) is 0 Å². The van der Waals surface area contributed by atoms with E-state index in [1.54, 1.807) is 0 Å². The Morgan fingerprint density at radius 3 is 1.31 bits per heavy atom. The minimum atomic E-state index is -7.03. The predicted octanol–water partition coefficient (Wildman–Crippen LogP) is 6.68. The van der Waals surface area contributed by atoms with Crippen LogP contribution in [0.25, 0.3) is 0 Å². The van der Waals surface area contributed by atoms with Crippen molar-refractivity contribution in [3.8, 4) is 0 Å². The van der Waals surface area contributed by atoms with Crippen LogP contribution in [-0.2, 0) is 0 Å². The Morgan fingerprint density at radius 1 is 0.577 bits per heavy atom. The van der Waals surface area contributed by atoms with Crippen molar-refractivity contribution < 1.29 is 65.9 Å². The van der Waals surface area contributed by atoms with Gasteiger partial charge in [-0.2, -0.15) is 39.5 Å². The Bertz CT molecular complexity index is 508. The normalized spacial score (nSPS) is 15.2. The molecule has 0 aromatic rings. The van der Waals surface area contributed by atoms with Gasteiger partial charge in [0.25, 0.3) is 23.8 Å². The molecule has 26 heavy (non-hydrogen) atoms. The second-order valence-electron chi connectivity index (χ2n) is 5.21. The average Bonchev–Trinajstić information content (AvgIpc) is 2.18. The molecule has 0 fully saturated rings. The number of alkyl halides is 13. The fraction of sp³-hybridized carbons (Fsp3) is 0.818. The summed E-state index contributed by atoms with van der Waals surface area (Å²) < 4.78 is 187. The molecule has 0 aromatic heterocycles. The first-order valence-corrected chi connectivity index (χ1v) is 6.03. The molecule has 0 atom stereocenters. The molecular formula is C11H7F15. The second kappa shape index (κ2) is 7.02. The smallest absolute Gasteiger partial charge is 0.206 e. The molecule has 0 N–H and O–H groups in total. The Hall–Kier alpha value is -1.31. The van der Waals surface area contributed by atoms with E-state index < -0.39 is 67.2 Å². The fourth-order valence-electron chi connectivity index (χ4n) is 1.70. The summed E-state index contributed by atoms with van der Waals surface area (Å²) in [6.45, 7) is 0. The van der Waals surface area contributed by atoms with Gasteiger partial charge < -0.3 is 0 Å². The van der Waals surface area contributed by atoms with Gasteiger partial charge in [-0.1, -0.05) is 0 Å². The van der Waals surface area contributed by atoms with E-state index in [4.69, 9.17) is 0 Å². The summed E-state index contributed by atoms with van der Waals surface area (Å²) in [5, 5.41) is 0. The van der Waals surface area contributed by atoms with Crippen LogP contribution in [0.5, 0.6) is 0 Å². The van der Waals surface area contributed by atoms with Gasteiger partial charge in [-0.3, -0.25) is 0 Å². The van der Waals surface area contributed by atoms with Crippen molar-refractivity contribution in [2.24, 2.45) is 0 Å². The lowest BCUT2D eigenvalue weighted by atomic mass is 9.96. The number of hydrogen-bond acceptors (Lipinski definition) is 0. The van der Waals surface area contributed by atoms with Gasteiger partial charge in [0.1, 0.15) is 0 Å². The highest BCUT2D eigenvalue weighted by atomic mass is 19.4. The summed E-state index contributed by atoms with van der Waals surface area (Å²) in [4.78, 5) is 0. The van der Waals surface area contributed by atoms with Gasteiger partial charge >= 0.3 is 18.0 Å². The third-order valence-electron chi connectivity index (χ3n) is 2.63. The highest BCUT2D eigenvalue weighted by molar-refractivity contribution is 4.99. The van der Waals surface area contributed by atoms with Gasteiger partial charge in [-0.15, -0.1) is 0 Å². The van der Waals surface area contributed by atoms with Crippen molar-refractivity contribution in [3.63, 3.8) is 0 Å². The van der Waals surface area contributed by atoms with Gasteiger partial charge in [-0.25, -0.2) is 26.3 Å². The van der Waals surface area contributed by atoms with Crippen LogP contribution in [-0.4, -0.2) is 35.8 Å². The maximum Gasteiger partial charge on any atom is 0.459 e. The minimum Gasteiger partial charge on any atom is -0.206 e. The molecule has 0 aliphatic carbocycles. The van der Waals surface area contributed by atoms with E-state index in [2.05, 4.69) is 0 Å². The van der Waals surface area contributed by atoms with Gasteiger partial charge in [0.2, 0.25) is 0 Å². The molecular weight excluding hydrogens is 417 g/mol. The quantitative estimate of drug-likeness (QED) is 0.382. The molecule has 0 aromatic carbocycles. The first-order valence-electron chi connectivity index (χ1n) is 6.03. The molecule has 0 amide bonds. The largest absolute Gasteiger partial charge is 0.459 e. The zero-order valence-electron chi connectivity index (χ0n) is 11.9. The summed E-state index contributed by atoms with van der Waals surface area (Å²) in [7, 11) is 0. The molecule has 0 rings (SSSR count). The van der Waals surface area contributed by atoms with Gasteiger partial charge in [0, 0.05) is 6.08 Å². The Morgan fingerprint density at radius 2 is 0.962 bits per heavy atom. The van der Waals surface area contributed by atoms with Crippen LogP contribution in [0.2, 0.25) is 0 Å². The number of allylic oxidation sites excluding steroid dienone is 1. The minimum absolute atomic E-state index is 1.36. The number of hydrogen-bond donors (Lipinski definition) is 0. The van der Waals surface area contributed by atoms with Gasteiger partial charge in [-0.05, 0) is 0 Å². The van der Waals surface area contributed by atoms with E-state index in [-0.39, 0.29) is 0 Å². The Kier molecular flexibility index (Phi) is 6.66. The van der Waals surface area contributed by atoms with Crippen molar-refractivity contribution in [3.05, 3.63) is 12.2 Å². The van der Waals surface area contributed by atoms with Crippen LogP contribution in [0, 0.1) is 0 Å². The summed E-state index contributed by atoms with van der Waals surface area (Å²) in [6, 6.07) is 0. The summed E-state index contributed by atoms with van der Waals surface area (Å²) >= 11 is 0. The first-order chi connectivity index (χ1) is 11.0. The Labute approximate surface area is 134 Å². The van der Waals surface area contributed by atoms with Crippen molar-refractivity contribution >= 4 is 0 Å². The van der Waals surface area contributed by atoms with E-state index >= 15 is 0 Å². The van der Waals surface area contributed by atoms with Crippen LogP contribution < -0.4 is 0 Å². The van der Waals surface area contributed by atoms with E-state index in [0.717, 1.165) is 0 Å². The van der Waals surface area contributed by atoms with Crippen LogP contribution in [0.4, 0.5) is 65.9 Å². The molecule has 0 spiro atoms. The lowest BCUT2D eigenvalue weighted by Crippen LogP contribution is -2.54. The van der Waals surface area contributed by atoms with E-state index in [1.165, 1.54) is 0 Å². The second-order valence-corrected chi connectivity index (χ2v) is 5.21. The summed E-state index contributed by atoms with van der Waals surface area (Å²) in [6.07, 6.45) is -21.7. The van der Waals surface area contributed by atoms with Crippen LogP contribution >= 0.6 is 0 Å². The molecule has 0 nitrogen and oxygen atoms in total. The van der Waals surface area contributed by atoms with Crippen LogP contribution in [0.1, 0.15) is 19.3 Å². The van der Waals surface area contributed by atoms with Crippen molar-refractivity contribution in [2.45, 2.75) is 55.1 Å². The first kappa shape index (κ1) is 24.7. The average molecular weight is 424 g/mol. The third kappa shape index (κ3) is 6.78. The molecule has 0 aliphatic heterocycles. The van der Waals surface area contributed by atoms with Crippen molar-refractivity contribution in [1.29, 1.82) is 0 Å². The number of halogens is 15.